The number of phosphoric acid groups is 2. The van der Waals surface area contributed by atoms with E-state index in [1.54, 1.807) is 0 Å². The summed E-state index contributed by atoms with van der Waals surface area (Å²) < 4.78 is 68.5. The van der Waals surface area contributed by atoms with Gasteiger partial charge in [0.25, 0.3) is 0 Å². The standard InChI is InChI=1S/C93H142O17P2/c1-5-9-13-17-21-25-29-33-37-40-43-46-50-53-57-61-65-69-73-77-90(95)103-83-88(109-92(97)79-75-71-67-63-59-55-49-36-32-28-24-20-16-12-8-4)85-107-111(99,100)105-81-87(94)82-106-112(101,102)108-86-89(110-93(98)80-76-72-68-64-60-56-52-48-45-42-39-35-31-27-23-19-15-11-7-3)84-104-91(96)78-74-70-66-62-58-54-51-47-44-41-38-34-30-26-22-18-14-10-6-2/h9-16,21-28,33-39,43-49,53-54,56-60,63,66,70,87-89,94H,5-8,17-20,29-32,40-42,50-52,55,61-62,64-65,67-69,71-86H2,1-4H3,(H,99,100)(H,101,102)/b13-9-,14-10-,15-11-,16-12-,25-21-,26-22-,27-23-,28-24-,37-33-,38-34-,39-35-,46-43-,47-44-,48-45-,49-36-,57-53-,58-54-,60-56-,63-59-,70-66-. The van der Waals surface area contributed by atoms with Crippen molar-refractivity contribution in [2.45, 2.75) is 277 Å². The van der Waals surface area contributed by atoms with Gasteiger partial charge < -0.3 is 33.8 Å². The van der Waals surface area contributed by atoms with Crippen LogP contribution in [0.3, 0.4) is 0 Å². The van der Waals surface area contributed by atoms with E-state index >= 15 is 0 Å². The summed E-state index contributed by atoms with van der Waals surface area (Å²) in [7, 11) is -10.1. The predicted molar refractivity (Wildman–Crippen MR) is 463 cm³/mol. The van der Waals surface area contributed by atoms with Crippen LogP contribution in [0.25, 0.3) is 0 Å². The molecule has 5 atom stereocenters. The summed E-state index contributed by atoms with van der Waals surface area (Å²) >= 11 is 0. The smallest absolute Gasteiger partial charge is 0.462 e. The zero-order valence-electron chi connectivity index (χ0n) is 68.5. The number of allylic oxidation sites excluding steroid dienone is 40. The van der Waals surface area contributed by atoms with Gasteiger partial charge in [0, 0.05) is 25.7 Å². The van der Waals surface area contributed by atoms with E-state index in [9.17, 15) is 43.2 Å². The second-order valence-corrected chi connectivity index (χ2v) is 29.1. The summed E-state index contributed by atoms with van der Waals surface area (Å²) in [6.45, 7) is 4.16. The van der Waals surface area contributed by atoms with Gasteiger partial charge in [0.2, 0.25) is 0 Å². The van der Waals surface area contributed by atoms with Crippen molar-refractivity contribution in [1.82, 2.24) is 0 Å². The molecule has 0 aromatic rings. The van der Waals surface area contributed by atoms with E-state index in [1.807, 2.05) is 18.2 Å². The van der Waals surface area contributed by atoms with Gasteiger partial charge in [0.05, 0.1) is 26.4 Å². The van der Waals surface area contributed by atoms with E-state index in [2.05, 4.69) is 253 Å². The fourth-order valence-corrected chi connectivity index (χ4v) is 11.3. The van der Waals surface area contributed by atoms with Crippen LogP contribution in [0.5, 0.6) is 0 Å². The Morgan fingerprint density at radius 3 is 0.723 bits per heavy atom. The van der Waals surface area contributed by atoms with Gasteiger partial charge in [-0.05, 0) is 193 Å². The Balaban J connectivity index is 5.58. The van der Waals surface area contributed by atoms with Gasteiger partial charge >= 0.3 is 39.5 Å². The second-order valence-electron chi connectivity index (χ2n) is 26.2. The molecule has 0 aromatic heterocycles. The number of aliphatic hydroxyl groups is 1. The maximum absolute atomic E-state index is 13.1. The number of unbranched alkanes of at least 4 members (excludes halogenated alkanes) is 8. The molecule has 626 valence electrons. The van der Waals surface area contributed by atoms with E-state index in [0.717, 1.165) is 167 Å². The van der Waals surface area contributed by atoms with E-state index in [1.165, 1.54) is 0 Å². The molecule has 19 heteroatoms. The third kappa shape index (κ3) is 80.9. The zero-order valence-corrected chi connectivity index (χ0v) is 70.3. The zero-order chi connectivity index (χ0) is 81.7. The van der Waals surface area contributed by atoms with Crippen molar-refractivity contribution in [3.05, 3.63) is 243 Å². The minimum absolute atomic E-state index is 0.0156. The molecule has 17 nitrogen and oxygen atoms in total. The Kier molecular flexibility index (Phi) is 76.6. The summed E-state index contributed by atoms with van der Waals surface area (Å²) in [4.78, 5) is 73.2. The first-order valence-electron chi connectivity index (χ1n) is 41.3. The minimum atomic E-state index is -5.03. The van der Waals surface area contributed by atoms with Crippen molar-refractivity contribution in [3.8, 4) is 0 Å². The van der Waals surface area contributed by atoms with Crippen molar-refractivity contribution in [2.24, 2.45) is 0 Å². The van der Waals surface area contributed by atoms with Crippen LogP contribution in [0.1, 0.15) is 259 Å². The summed E-state index contributed by atoms with van der Waals surface area (Å²) in [5, 5.41) is 10.7. The fourth-order valence-electron chi connectivity index (χ4n) is 9.70. The van der Waals surface area contributed by atoms with Gasteiger partial charge in [0.1, 0.15) is 19.3 Å². The van der Waals surface area contributed by atoms with Gasteiger partial charge in [-0.25, -0.2) is 9.13 Å². The van der Waals surface area contributed by atoms with Gasteiger partial charge in [-0.2, -0.15) is 0 Å². The molecule has 0 spiro atoms. The summed E-state index contributed by atoms with van der Waals surface area (Å²) in [6.07, 6.45) is 107. The maximum Gasteiger partial charge on any atom is 0.472 e. The average Bonchev–Trinajstić information content (AvgIpc) is 0.898. The highest BCUT2D eigenvalue weighted by Crippen LogP contribution is 2.45. The van der Waals surface area contributed by atoms with E-state index in [-0.39, 0.29) is 25.7 Å². The van der Waals surface area contributed by atoms with Crippen LogP contribution in [0.2, 0.25) is 0 Å². The normalized spacial score (nSPS) is 15.0. The lowest BCUT2D eigenvalue weighted by Gasteiger charge is -2.21. The van der Waals surface area contributed by atoms with Crippen LogP contribution < -0.4 is 0 Å². The van der Waals surface area contributed by atoms with E-state index in [4.69, 9.17) is 37.0 Å². The molecule has 112 heavy (non-hydrogen) atoms. The van der Waals surface area contributed by atoms with Crippen LogP contribution in [-0.2, 0) is 65.4 Å². The van der Waals surface area contributed by atoms with Crippen molar-refractivity contribution < 1.29 is 80.2 Å². The highest BCUT2D eigenvalue weighted by Gasteiger charge is 2.30. The third-order valence-corrected chi connectivity index (χ3v) is 17.7. The summed E-state index contributed by atoms with van der Waals surface area (Å²) in [6, 6.07) is 0. The number of carbonyl (C=O) groups excluding carboxylic acids is 4. The molecule has 0 heterocycles. The first-order chi connectivity index (χ1) is 54.7. The molecular formula is C93H142O17P2. The lowest BCUT2D eigenvalue weighted by Crippen LogP contribution is -2.30. The van der Waals surface area contributed by atoms with Gasteiger partial charge in [0.15, 0.2) is 12.2 Å². The molecule has 0 amide bonds. The van der Waals surface area contributed by atoms with Crippen LogP contribution in [0.15, 0.2) is 243 Å². The first-order valence-corrected chi connectivity index (χ1v) is 44.3. The Morgan fingerprint density at radius 2 is 0.455 bits per heavy atom. The molecule has 3 N–H and O–H groups in total. The molecular weight excluding hydrogens is 1450 g/mol. The third-order valence-electron chi connectivity index (χ3n) is 15.8. The molecule has 0 radical (unpaired) electrons. The largest absolute Gasteiger partial charge is 0.472 e. The number of carbonyl (C=O) groups is 4. The number of rotatable bonds is 74. The van der Waals surface area contributed by atoms with Gasteiger partial charge in [-0.15, -0.1) is 0 Å². The van der Waals surface area contributed by atoms with E-state index in [0.29, 0.717) is 38.5 Å². The fraction of sp³-hybridized carbons (Fsp3) is 0.527. The predicted octanol–water partition coefficient (Wildman–Crippen LogP) is 24.8. The average molecular weight is 1590 g/mol. The summed E-state index contributed by atoms with van der Waals surface area (Å²) in [5.41, 5.74) is 0. The number of phosphoric ester groups is 2. The Morgan fingerprint density at radius 1 is 0.250 bits per heavy atom. The van der Waals surface area contributed by atoms with Crippen molar-refractivity contribution in [2.75, 3.05) is 39.6 Å². The highest BCUT2D eigenvalue weighted by atomic mass is 31.2. The SMILES string of the molecule is CC/C=C\C/C=C\C/C=C\C/C=C\C/C=C\C/C=C\CCC(=O)OCC(COP(=O)(O)OCC(O)COP(=O)(O)OCC(COC(=O)CCCCC/C=C\C/C=C\C/C=C\C/C=C\C/C=C\CC)OC(=O)CCCC/C=C\C/C=C\C/C=C\C/C=C\CC)OC(=O)CCCCC/C=C\C/C=C\C/C=C\C/C=C\C/C=C\CC. The molecule has 0 bridgehead atoms. The minimum Gasteiger partial charge on any atom is -0.462 e. The highest BCUT2D eigenvalue weighted by molar-refractivity contribution is 7.47. The Hall–Kier alpha value is -7.14. The lowest BCUT2D eigenvalue weighted by molar-refractivity contribution is -0.161. The van der Waals surface area contributed by atoms with Crippen LogP contribution in [0, 0.1) is 0 Å². The Labute approximate surface area is 676 Å². The van der Waals surface area contributed by atoms with Crippen LogP contribution >= 0.6 is 15.6 Å². The van der Waals surface area contributed by atoms with Gasteiger partial charge in [-0.1, -0.05) is 284 Å². The van der Waals surface area contributed by atoms with Crippen molar-refractivity contribution in [3.63, 3.8) is 0 Å². The van der Waals surface area contributed by atoms with E-state index < -0.39 is 97.5 Å². The maximum atomic E-state index is 13.1. The molecule has 0 aliphatic rings. The molecule has 0 fully saturated rings. The summed E-state index contributed by atoms with van der Waals surface area (Å²) in [5.74, 6) is -2.43. The van der Waals surface area contributed by atoms with Gasteiger partial charge in [-0.3, -0.25) is 37.3 Å². The lowest BCUT2D eigenvalue weighted by atomic mass is 10.1. The topological polar surface area (TPSA) is 237 Å². The monoisotopic (exact) mass is 1590 g/mol. The second kappa shape index (κ2) is 81.9. The Bertz CT molecular complexity index is 3090. The molecule has 0 saturated heterocycles. The van der Waals surface area contributed by atoms with Crippen LogP contribution in [0.4, 0.5) is 0 Å². The number of ether oxygens (including phenoxy) is 4. The molecule has 0 aliphatic carbocycles. The molecule has 0 aliphatic heterocycles. The number of esters is 4. The molecule has 0 aromatic carbocycles. The molecule has 0 saturated carbocycles. The number of hydrogen-bond donors (Lipinski definition) is 3. The van der Waals surface area contributed by atoms with Crippen LogP contribution in [-0.4, -0.2) is 96.7 Å². The first kappa shape index (κ1) is 105. The molecule has 5 unspecified atom stereocenters. The van der Waals surface area contributed by atoms with Crippen molar-refractivity contribution in [1.29, 1.82) is 0 Å². The molecule has 0 rings (SSSR count). The van der Waals surface area contributed by atoms with Crippen molar-refractivity contribution >= 4 is 39.5 Å². The number of aliphatic hydroxyl groups excluding tert-OH is 1. The number of hydrogen-bond acceptors (Lipinski definition) is 15. The quantitative estimate of drug-likeness (QED) is 0.0169.